The van der Waals surface area contributed by atoms with Crippen LogP contribution in [0.5, 0.6) is 5.88 Å². The number of nitrogens with one attached hydrogen (secondary N) is 1. The van der Waals surface area contributed by atoms with Crippen molar-refractivity contribution >= 4 is 5.91 Å². The van der Waals surface area contributed by atoms with Gasteiger partial charge in [-0.15, -0.1) is 0 Å². The van der Waals surface area contributed by atoms with Gasteiger partial charge in [-0.25, -0.2) is 4.98 Å². The van der Waals surface area contributed by atoms with Gasteiger partial charge >= 0.3 is 0 Å². The third-order valence-electron chi connectivity index (χ3n) is 5.29. The number of benzene rings is 2. The average molecular weight is 387 g/mol. The Kier molecular flexibility index (Phi) is 6.15. The van der Waals surface area contributed by atoms with Gasteiger partial charge in [0.2, 0.25) is 11.8 Å². The first-order chi connectivity index (χ1) is 14.3. The van der Waals surface area contributed by atoms with Gasteiger partial charge < -0.3 is 10.1 Å². The summed E-state index contributed by atoms with van der Waals surface area (Å²) in [5, 5.41) is 3.18. The predicted octanol–water partition coefficient (Wildman–Crippen LogP) is 4.19. The number of carbonyl (C=O) groups excluding carboxylic acids is 1. The summed E-state index contributed by atoms with van der Waals surface area (Å²) in [5.74, 6) is 0.648. The van der Waals surface area contributed by atoms with Crippen LogP contribution in [0.15, 0.2) is 73.2 Å². The minimum Gasteiger partial charge on any atom is -0.473 e. The Morgan fingerprint density at radius 2 is 1.66 bits per heavy atom. The fourth-order valence-electron chi connectivity index (χ4n) is 3.75. The highest BCUT2D eigenvalue weighted by Gasteiger charge is 2.24. The molecule has 2 aromatic carbocycles. The molecule has 5 heteroatoms. The molecule has 1 aliphatic carbocycles. The summed E-state index contributed by atoms with van der Waals surface area (Å²) in [7, 11) is 0. The molecule has 1 aromatic heterocycles. The second-order valence-electron chi connectivity index (χ2n) is 7.44. The number of nitrogens with zero attached hydrogens (tertiary/aromatic N) is 2. The first kappa shape index (κ1) is 19.1. The van der Waals surface area contributed by atoms with Crippen LogP contribution in [-0.2, 0) is 11.2 Å². The van der Waals surface area contributed by atoms with Crippen molar-refractivity contribution in [3.05, 3.63) is 78.8 Å². The minimum atomic E-state index is 0.0794. The highest BCUT2D eigenvalue weighted by Crippen LogP contribution is 2.23. The lowest BCUT2D eigenvalue weighted by Crippen LogP contribution is -2.40. The van der Waals surface area contributed by atoms with E-state index in [4.69, 9.17) is 4.74 Å². The van der Waals surface area contributed by atoms with Crippen LogP contribution in [0, 0.1) is 0 Å². The van der Waals surface area contributed by atoms with Crippen LogP contribution >= 0.6 is 0 Å². The lowest BCUT2D eigenvalue weighted by atomic mass is 9.92. The standard InChI is InChI=1S/C24H25N3O2/c28-23(16-18-6-8-20(9-7-18)19-4-2-1-3-5-19)27-21-10-12-22(13-11-21)29-24-17-25-14-15-26-24/h1-9,14-15,17,21-22H,10-13,16H2,(H,27,28). The molecular weight excluding hydrogens is 362 g/mol. The summed E-state index contributed by atoms with van der Waals surface area (Å²) in [6.07, 6.45) is 9.11. The number of hydrogen-bond donors (Lipinski definition) is 1. The molecule has 29 heavy (non-hydrogen) atoms. The van der Waals surface area contributed by atoms with Crippen molar-refractivity contribution in [2.75, 3.05) is 0 Å². The largest absolute Gasteiger partial charge is 0.473 e. The van der Waals surface area contributed by atoms with E-state index in [9.17, 15) is 4.79 Å². The van der Waals surface area contributed by atoms with Gasteiger partial charge in [-0.2, -0.15) is 0 Å². The van der Waals surface area contributed by atoms with Crippen molar-refractivity contribution in [1.29, 1.82) is 0 Å². The molecule has 1 amide bonds. The van der Waals surface area contributed by atoms with Gasteiger partial charge in [0.1, 0.15) is 6.10 Å². The van der Waals surface area contributed by atoms with Crippen LogP contribution in [0.3, 0.4) is 0 Å². The van der Waals surface area contributed by atoms with Gasteiger partial charge in [0.05, 0.1) is 12.6 Å². The molecule has 1 N–H and O–H groups in total. The zero-order valence-corrected chi connectivity index (χ0v) is 16.3. The summed E-state index contributed by atoms with van der Waals surface area (Å²) in [4.78, 5) is 20.6. The second kappa shape index (κ2) is 9.32. The van der Waals surface area contributed by atoms with E-state index in [0.717, 1.165) is 36.8 Å². The smallest absolute Gasteiger partial charge is 0.232 e. The van der Waals surface area contributed by atoms with Gasteiger partial charge in [-0.1, -0.05) is 54.6 Å². The maximum atomic E-state index is 12.4. The Morgan fingerprint density at radius 3 is 2.34 bits per heavy atom. The minimum absolute atomic E-state index is 0.0794. The summed E-state index contributed by atoms with van der Waals surface area (Å²) < 4.78 is 5.87. The van der Waals surface area contributed by atoms with Gasteiger partial charge in [-0.05, 0) is 42.4 Å². The number of hydrogen-bond acceptors (Lipinski definition) is 4. The van der Waals surface area contributed by atoms with Crippen molar-refractivity contribution in [3.63, 3.8) is 0 Å². The Hall–Kier alpha value is -3.21. The zero-order chi connectivity index (χ0) is 19.9. The normalized spacial score (nSPS) is 18.8. The van der Waals surface area contributed by atoms with E-state index < -0.39 is 0 Å². The number of aromatic nitrogens is 2. The van der Waals surface area contributed by atoms with Crippen LogP contribution in [-0.4, -0.2) is 28.0 Å². The fourth-order valence-corrected chi connectivity index (χ4v) is 3.75. The maximum absolute atomic E-state index is 12.4. The van der Waals surface area contributed by atoms with Gasteiger partial charge in [0.25, 0.3) is 0 Å². The van der Waals surface area contributed by atoms with Crippen LogP contribution in [0.25, 0.3) is 11.1 Å². The first-order valence-electron chi connectivity index (χ1n) is 10.1. The Balaban J connectivity index is 1.23. The van der Waals surface area contributed by atoms with Crippen molar-refractivity contribution in [3.8, 4) is 17.0 Å². The highest BCUT2D eigenvalue weighted by molar-refractivity contribution is 5.79. The van der Waals surface area contributed by atoms with E-state index >= 15 is 0 Å². The molecule has 1 saturated carbocycles. The lowest BCUT2D eigenvalue weighted by molar-refractivity contribution is -0.121. The van der Waals surface area contributed by atoms with Crippen LogP contribution in [0.4, 0.5) is 0 Å². The molecule has 0 unspecified atom stereocenters. The van der Waals surface area contributed by atoms with E-state index in [1.807, 2.05) is 30.3 Å². The number of carbonyl (C=O) groups is 1. The van der Waals surface area contributed by atoms with E-state index in [-0.39, 0.29) is 18.1 Å². The summed E-state index contributed by atoms with van der Waals surface area (Å²) in [6.45, 7) is 0. The number of ether oxygens (including phenoxy) is 1. The molecule has 0 radical (unpaired) electrons. The first-order valence-corrected chi connectivity index (χ1v) is 10.1. The quantitative estimate of drug-likeness (QED) is 0.689. The topological polar surface area (TPSA) is 64.1 Å². The lowest BCUT2D eigenvalue weighted by Gasteiger charge is -2.29. The SMILES string of the molecule is O=C(Cc1ccc(-c2ccccc2)cc1)NC1CCC(Oc2cnccn2)CC1. The zero-order valence-electron chi connectivity index (χ0n) is 16.3. The molecule has 1 aliphatic rings. The molecule has 0 aliphatic heterocycles. The van der Waals surface area contributed by atoms with Crippen molar-refractivity contribution in [2.45, 2.75) is 44.2 Å². The Labute approximate surface area is 171 Å². The summed E-state index contributed by atoms with van der Waals surface area (Å²) >= 11 is 0. The van der Waals surface area contributed by atoms with Crippen LogP contribution in [0.1, 0.15) is 31.2 Å². The molecule has 5 nitrogen and oxygen atoms in total. The molecule has 1 heterocycles. The third kappa shape index (κ3) is 5.41. The highest BCUT2D eigenvalue weighted by atomic mass is 16.5. The molecule has 4 rings (SSSR count). The van der Waals surface area contributed by atoms with E-state index in [2.05, 4.69) is 39.6 Å². The van der Waals surface area contributed by atoms with Gasteiger partial charge in [-0.3, -0.25) is 9.78 Å². The van der Waals surface area contributed by atoms with Gasteiger partial charge in [0, 0.05) is 18.4 Å². The molecule has 0 atom stereocenters. The van der Waals surface area contributed by atoms with Crippen LogP contribution in [0.2, 0.25) is 0 Å². The molecule has 0 bridgehead atoms. The van der Waals surface area contributed by atoms with Crippen molar-refractivity contribution in [1.82, 2.24) is 15.3 Å². The summed E-state index contributed by atoms with van der Waals surface area (Å²) in [5.41, 5.74) is 3.38. The van der Waals surface area contributed by atoms with E-state index in [1.165, 1.54) is 5.56 Å². The number of rotatable bonds is 6. The fraction of sp³-hybridized carbons (Fsp3) is 0.292. The molecule has 148 valence electrons. The predicted molar refractivity (Wildman–Crippen MR) is 112 cm³/mol. The molecule has 0 spiro atoms. The number of amides is 1. The average Bonchev–Trinajstić information content (AvgIpc) is 2.77. The van der Waals surface area contributed by atoms with Crippen molar-refractivity contribution in [2.24, 2.45) is 0 Å². The van der Waals surface area contributed by atoms with E-state index in [1.54, 1.807) is 18.6 Å². The van der Waals surface area contributed by atoms with E-state index in [0.29, 0.717) is 12.3 Å². The Bertz CT molecular complexity index is 906. The third-order valence-corrected chi connectivity index (χ3v) is 5.29. The molecule has 3 aromatic rings. The molecule has 1 fully saturated rings. The summed E-state index contributed by atoms with van der Waals surface area (Å²) in [6, 6.07) is 18.7. The molecular formula is C24H25N3O2. The van der Waals surface area contributed by atoms with Gasteiger partial charge in [0.15, 0.2) is 0 Å². The second-order valence-corrected chi connectivity index (χ2v) is 7.44. The molecule has 0 saturated heterocycles. The van der Waals surface area contributed by atoms with Crippen LogP contribution < -0.4 is 10.1 Å². The Morgan fingerprint density at radius 1 is 0.931 bits per heavy atom. The van der Waals surface area contributed by atoms with Crippen molar-refractivity contribution < 1.29 is 9.53 Å². The monoisotopic (exact) mass is 387 g/mol. The maximum Gasteiger partial charge on any atom is 0.232 e.